The van der Waals surface area contributed by atoms with E-state index in [1.165, 1.54) is 25.7 Å². The molecular formula is C14H21N. The molecule has 2 rings (SSSR count). The van der Waals surface area contributed by atoms with Crippen molar-refractivity contribution < 1.29 is 0 Å². The highest BCUT2D eigenvalue weighted by Gasteiger charge is 2.19. The molecule has 0 aliphatic heterocycles. The van der Waals surface area contributed by atoms with Gasteiger partial charge in [-0.3, -0.25) is 0 Å². The third-order valence-corrected chi connectivity index (χ3v) is 3.46. The van der Waals surface area contributed by atoms with E-state index in [1.807, 2.05) is 0 Å². The first-order chi connectivity index (χ1) is 7.27. The topological polar surface area (TPSA) is 26.0 Å². The smallest absolute Gasteiger partial charge is 0.00106 e. The zero-order valence-corrected chi connectivity index (χ0v) is 9.58. The predicted molar refractivity (Wildman–Crippen MR) is 65.0 cm³/mol. The van der Waals surface area contributed by atoms with Crippen molar-refractivity contribution in [3.8, 4) is 0 Å². The molecule has 1 nitrogen and oxygen atoms in total. The van der Waals surface area contributed by atoms with Crippen LogP contribution in [0.15, 0.2) is 24.3 Å². The fourth-order valence-corrected chi connectivity index (χ4v) is 2.62. The molecular weight excluding hydrogens is 182 g/mol. The second-order valence-electron chi connectivity index (χ2n) is 4.84. The van der Waals surface area contributed by atoms with Crippen LogP contribution in [-0.4, -0.2) is 6.04 Å². The fraction of sp³-hybridized carbons (Fsp3) is 0.571. The monoisotopic (exact) mass is 203 g/mol. The number of aryl methyl sites for hydroxylation is 1. The van der Waals surface area contributed by atoms with Crippen LogP contribution < -0.4 is 5.73 Å². The minimum atomic E-state index is 0.346. The summed E-state index contributed by atoms with van der Waals surface area (Å²) in [7, 11) is 0. The summed E-state index contributed by atoms with van der Waals surface area (Å²) >= 11 is 0. The first-order valence-corrected chi connectivity index (χ1v) is 6.11. The van der Waals surface area contributed by atoms with Crippen LogP contribution in [0, 0.1) is 0 Å². The zero-order chi connectivity index (χ0) is 10.7. The maximum atomic E-state index is 5.83. The summed E-state index contributed by atoms with van der Waals surface area (Å²) in [5.74, 6) is 0.765. The molecule has 1 unspecified atom stereocenters. The fourth-order valence-electron chi connectivity index (χ4n) is 2.62. The van der Waals surface area contributed by atoms with Crippen LogP contribution in [0.2, 0.25) is 0 Å². The normalized spacial score (nSPS) is 22.1. The Morgan fingerprint density at radius 3 is 3.00 bits per heavy atom. The molecule has 0 fully saturated rings. The van der Waals surface area contributed by atoms with Crippen LogP contribution in [-0.2, 0) is 6.42 Å². The lowest BCUT2D eigenvalue weighted by Gasteiger charge is -2.25. The Bertz CT molecular complexity index is 317. The SMILES string of the molecule is C[C@@H](N)CCC1CCCc2ccccc21. The van der Waals surface area contributed by atoms with E-state index in [4.69, 9.17) is 5.73 Å². The lowest BCUT2D eigenvalue weighted by atomic mass is 9.80. The molecule has 0 saturated heterocycles. The quantitative estimate of drug-likeness (QED) is 0.802. The molecule has 1 aromatic rings. The van der Waals surface area contributed by atoms with Gasteiger partial charge in [0.25, 0.3) is 0 Å². The average molecular weight is 203 g/mol. The van der Waals surface area contributed by atoms with E-state index in [2.05, 4.69) is 31.2 Å². The summed E-state index contributed by atoms with van der Waals surface area (Å²) < 4.78 is 0. The molecule has 82 valence electrons. The first-order valence-electron chi connectivity index (χ1n) is 6.11. The Morgan fingerprint density at radius 2 is 2.20 bits per heavy atom. The van der Waals surface area contributed by atoms with Gasteiger partial charge in [-0.25, -0.2) is 0 Å². The van der Waals surface area contributed by atoms with Gasteiger partial charge in [0.15, 0.2) is 0 Å². The summed E-state index contributed by atoms with van der Waals surface area (Å²) in [5.41, 5.74) is 8.98. The molecule has 0 heterocycles. The van der Waals surface area contributed by atoms with Gasteiger partial charge in [-0.1, -0.05) is 24.3 Å². The van der Waals surface area contributed by atoms with E-state index in [0.29, 0.717) is 6.04 Å². The minimum Gasteiger partial charge on any atom is -0.328 e. The van der Waals surface area contributed by atoms with E-state index in [9.17, 15) is 0 Å². The van der Waals surface area contributed by atoms with Gasteiger partial charge < -0.3 is 5.73 Å². The number of benzene rings is 1. The third-order valence-electron chi connectivity index (χ3n) is 3.46. The Kier molecular flexibility index (Phi) is 3.42. The van der Waals surface area contributed by atoms with Gasteiger partial charge in [-0.15, -0.1) is 0 Å². The standard InChI is InChI=1S/C14H21N/c1-11(15)9-10-13-7-4-6-12-5-2-3-8-14(12)13/h2-3,5,8,11,13H,4,6-7,9-10,15H2,1H3/t11-,13?/m1/s1. The van der Waals surface area contributed by atoms with Crippen LogP contribution in [0.3, 0.4) is 0 Å². The van der Waals surface area contributed by atoms with E-state index in [-0.39, 0.29) is 0 Å². The van der Waals surface area contributed by atoms with E-state index < -0.39 is 0 Å². The highest BCUT2D eigenvalue weighted by molar-refractivity contribution is 5.32. The van der Waals surface area contributed by atoms with Crippen molar-refractivity contribution in [1.82, 2.24) is 0 Å². The van der Waals surface area contributed by atoms with Gasteiger partial charge in [0.2, 0.25) is 0 Å². The van der Waals surface area contributed by atoms with Gasteiger partial charge in [0.05, 0.1) is 0 Å². The summed E-state index contributed by atoms with van der Waals surface area (Å²) in [6.45, 7) is 2.11. The van der Waals surface area contributed by atoms with E-state index in [0.717, 1.165) is 12.3 Å². The van der Waals surface area contributed by atoms with Crippen LogP contribution >= 0.6 is 0 Å². The molecule has 0 bridgehead atoms. The molecule has 0 spiro atoms. The lowest BCUT2D eigenvalue weighted by Crippen LogP contribution is -2.17. The number of hydrogen-bond acceptors (Lipinski definition) is 1. The molecule has 2 atom stereocenters. The molecule has 1 heteroatoms. The van der Waals surface area contributed by atoms with Crippen LogP contribution in [0.5, 0.6) is 0 Å². The number of fused-ring (bicyclic) bond motifs is 1. The molecule has 2 N–H and O–H groups in total. The summed E-state index contributed by atoms with van der Waals surface area (Å²) in [6, 6.07) is 9.27. The summed E-state index contributed by atoms with van der Waals surface area (Å²) in [5, 5.41) is 0. The van der Waals surface area contributed by atoms with Gasteiger partial charge >= 0.3 is 0 Å². The Labute approximate surface area is 92.7 Å². The number of nitrogens with two attached hydrogens (primary N) is 1. The Morgan fingerprint density at radius 1 is 1.40 bits per heavy atom. The van der Waals surface area contributed by atoms with Gasteiger partial charge in [0, 0.05) is 6.04 Å². The van der Waals surface area contributed by atoms with Crippen molar-refractivity contribution in [3.05, 3.63) is 35.4 Å². The zero-order valence-electron chi connectivity index (χ0n) is 9.58. The third kappa shape index (κ3) is 2.60. The molecule has 0 saturated carbocycles. The molecule has 15 heavy (non-hydrogen) atoms. The second-order valence-corrected chi connectivity index (χ2v) is 4.84. The summed E-state index contributed by atoms with van der Waals surface area (Å²) in [6.07, 6.45) is 6.38. The van der Waals surface area contributed by atoms with Crippen LogP contribution in [0.25, 0.3) is 0 Å². The lowest BCUT2D eigenvalue weighted by molar-refractivity contribution is 0.482. The van der Waals surface area contributed by atoms with Crippen LogP contribution in [0.4, 0.5) is 0 Å². The molecule has 1 aromatic carbocycles. The minimum absolute atomic E-state index is 0.346. The van der Waals surface area contributed by atoms with Crippen molar-refractivity contribution in [2.75, 3.05) is 0 Å². The molecule has 0 radical (unpaired) electrons. The maximum absolute atomic E-state index is 5.83. The highest BCUT2D eigenvalue weighted by atomic mass is 14.6. The number of hydrogen-bond donors (Lipinski definition) is 1. The van der Waals surface area contributed by atoms with E-state index in [1.54, 1.807) is 11.1 Å². The Balaban J connectivity index is 2.08. The van der Waals surface area contributed by atoms with Crippen molar-refractivity contribution in [2.24, 2.45) is 5.73 Å². The van der Waals surface area contributed by atoms with Crippen molar-refractivity contribution in [2.45, 2.75) is 51.0 Å². The number of rotatable bonds is 3. The predicted octanol–water partition coefficient (Wildman–Crippen LogP) is 3.23. The molecule has 0 amide bonds. The summed E-state index contributed by atoms with van der Waals surface area (Å²) in [4.78, 5) is 0. The second kappa shape index (κ2) is 4.80. The van der Waals surface area contributed by atoms with Crippen molar-refractivity contribution in [1.29, 1.82) is 0 Å². The maximum Gasteiger partial charge on any atom is 0.00106 e. The van der Waals surface area contributed by atoms with E-state index >= 15 is 0 Å². The van der Waals surface area contributed by atoms with Crippen LogP contribution in [0.1, 0.15) is 49.7 Å². The molecule has 1 aliphatic rings. The average Bonchev–Trinajstić information content (AvgIpc) is 2.26. The van der Waals surface area contributed by atoms with Crippen molar-refractivity contribution >= 4 is 0 Å². The molecule has 1 aliphatic carbocycles. The van der Waals surface area contributed by atoms with Crippen molar-refractivity contribution in [3.63, 3.8) is 0 Å². The van der Waals surface area contributed by atoms with Gasteiger partial charge in [0.1, 0.15) is 0 Å². The van der Waals surface area contributed by atoms with Gasteiger partial charge in [-0.2, -0.15) is 0 Å². The molecule has 0 aromatic heterocycles. The first kappa shape index (κ1) is 10.7. The largest absolute Gasteiger partial charge is 0.328 e. The van der Waals surface area contributed by atoms with Gasteiger partial charge in [-0.05, 0) is 56.1 Å². The highest BCUT2D eigenvalue weighted by Crippen LogP contribution is 2.34. The Hall–Kier alpha value is -0.820.